The summed E-state index contributed by atoms with van der Waals surface area (Å²) in [5.41, 5.74) is 7.14. The molecule has 0 heterocycles. The van der Waals surface area contributed by atoms with Gasteiger partial charge in [0.1, 0.15) is 17.9 Å². The molecule has 1 unspecified atom stereocenters. The van der Waals surface area contributed by atoms with Crippen LogP contribution in [0.15, 0.2) is 65.1 Å². The van der Waals surface area contributed by atoms with Crippen molar-refractivity contribution >= 4 is 40.3 Å². The lowest BCUT2D eigenvalue weighted by Crippen LogP contribution is -2.22. The van der Waals surface area contributed by atoms with Gasteiger partial charge in [0, 0.05) is 39.4 Å². The van der Waals surface area contributed by atoms with Gasteiger partial charge in [0.15, 0.2) is 0 Å². The third-order valence-corrected chi connectivity index (χ3v) is 8.17. The molecule has 0 N–H and O–H groups in total. The molecular formula is C33H33FO4S. The van der Waals surface area contributed by atoms with Crippen molar-refractivity contribution in [3.8, 4) is 5.75 Å². The zero-order valence-electron chi connectivity index (χ0n) is 23.2. The molecular weight excluding hydrogens is 511 g/mol. The Balaban J connectivity index is 1.70. The van der Waals surface area contributed by atoms with Gasteiger partial charge in [-0.05, 0) is 102 Å². The molecule has 0 saturated heterocycles. The molecule has 4 rings (SSSR count). The van der Waals surface area contributed by atoms with Gasteiger partial charge in [-0.2, -0.15) is 0 Å². The third-order valence-electron chi connectivity index (χ3n) is 7.24. The summed E-state index contributed by atoms with van der Waals surface area (Å²) in [6.07, 6.45) is 4.77. The van der Waals surface area contributed by atoms with Crippen molar-refractivity contribution in [2.45, 2.75) is 57.8 Å². The molecule has 39 heavy (non-hydrogen) atoms. The van der Waals surface area contributed by atoms with Crippen molar-refractivity contribution in [2.75, 3.05) is 6.26 Å². The van der Waals surface area contributed by atoms with E-state index in [0.29, 0.717) is 23.3 Å². The second-order valence-electron chi connectivity index (χ2n) is 10.7. The minimum absolute atomic E-state index is 0.0338. The number of allylic oxidation sites excluding steroid dienone is 2. The van der Waals surface area contributed by atoms with Crippen molar-refractivity contribution in [3.05, 3.63) is 99.4 Å². The molecule has 1 aliphatic carbocycles. The Labute approximate surface area is 232 Å². The normalized spacial score (nSPS) is 14.9. The molecule has 0 bridgehead atoms. The Kier molecular flexibility index (Phi) is 8.17. The number of hydrogen-bond donors (Lipinski definition) is 0. The predicted octanol–water partition coefficient (Wildman–Crippen LogP) is 7.37. The molecule has 202 valence electrons. The largest absolute Gasteiger partial charge is 0.426 e. The minimum atomic E-state index is -1.07. The third kappa shape index (κ3) is 6.01. The summed E-state index contributed by atoms with van der Waals surface area (Å²) in [4.78, 5) is 25.5. The monoisotopic (exact) mass is 544 g/mol. The summed E-state index contributed by atoms with van der Waals surface area (Å²) in [6, 6.07) is 15.9. The van der Waals surface area contributed by atoms with Crippen LogP contribution in [-0.4, -0.2) is 22.7 Å². The van der Waals surface area contributed by atoms with Gasteiger partial charge >= 0.3 is 5.97 Å². The van der Waals surface area contributed by atoms with Gasteiger partial charge < -0.3 is 9.53 Å². The highest BCUT2D eigenvalue weighted by Crippen LogP contribution is 2.44. The lowest BCUT2D eigenvalue weighted by atomic mass is 9.78. The molecule has 0 spiro atoms. The van der Waals surface area contributed by atoms with E-state index >= 15 is 0 Å². The molecule has 0 fully saturated rings. The lowest BCUT2D eigenvalue weighted by molar-refractivity contribution is -0.133. The summed E-state index contributed by atoms with van der Waals surface area (Å²) in [6.45, 7) is 9.74. The summed E-state index contributed by atoms with van der Waals surface area (Å²) in [5, 5.41) is 0. The van der Waals surface area contributed by atoms with Crippen LogP contribution in [0.5, 0.6) is 5.75 Å². The zero-order valence-corrected chi connectivity index (χ0v) is 24.0. The fourth-order valence-corrected chi connectivity index (χ4v) is 5.91. The van der Waals surface area contributed by atoms with Gasteiger partial charge in [-0.1, -0.05) is 38.1 Å². The Morgan fingerprint density at radius 1 is 1.00 bits per heavy atom. The number of fused-ring (bicyclic) bond motifs is 1. The van der Waals surface area contributed by atoms with Crippen LogP contribution >= 0.6 is 0 Å². The molecule has 0 aromatic heterocycles. The molecule has 0 radical (unpaired) electrons. The lowest BCUT2D eigenvalue weighted by Gasteiger charge is -2.27. The molecule has 3 aromatic rings. The first-order valence-corrected chi connectivity index (χ1v) is 14.4. The van der Waals surface area contributed by atoms with Gasteiger partial charge in [0.2, 0.25) is 0 Å². The van der Waals surface area contributed by atoms with Crippen molar-refractivity contribution in [1.82, 2.24) is 0 Å². The van der Waals surface area contributed by atoms with Crippen LogP contribution < -0.4 is 4.74 Å². The van der Waals surface area contributed by atoms with E-state index in [0.717, 1.165) is 50.1 Å². The highest BCUT2D eigenvalue weighted by atomic mass is 32.2. The van der Waals surface area contributed by atoms with Crippen LogP contribution in [0.25, 0.3) is 17.2 Å². The smallest absolute Gasteiger partial charge is 0.315 e. The number of hydrogen-bond acceptors (Lipinski definition) is 4. The fraction of sp³-hybridized carbons (Fsp3) is 0.273. The van der Waals surface area contributed by atoms with Crippen molar-refractivity contribution < 1.29 is 22.9 Å². The number of aryl methyl sites for hydroxylation is 2. The Morgan fingerprint density at radius 2 is 1.69 bits per heavy atom. The molecule has 3 aromatic carbocycles. The zero-order chi connectivity index (χ0) is 28.5. The molecule has 6 heteroatoms. The highest BCUT2D eigenvalue weighted by molar-refractivity contribution is 7.84. The molecule has 1 aliphatic rings. The Morgan fingerprint density at radius 3 is 2.33 bits per heavy atom. The van der Waals surface area contributed by atoms with E-state index in [9.17, 15) is 18.2 Å². The summed E-state index contributed by atoms with van der Waals surface area (Å²) < 4.78 is 32.1. The number of benzene rings is 3. The topological polar surface area (TPSA) is 60.4 Å². The van der Waals surface area contributed by atoms with Crippen LogP contribution in [0, 0.1) is 19.7 Å². The quantitative estimate of drug-likeness (QED) is 0.169. The van der Waals surface area contributed by atoms with Crippen LogP contribution in [-0.2, 0) is 25.8 Å². The van der Waals surface area contributed by atoms with Gasteiger partial charge in [0.05, 0.1) is 6.42 Å². The van der Waals surface area contributed by atoms with Gasteiger partial charge in [0.25, 0.3) is 0 Å². The van der Waals surface area contributed by atoms with E-state index in [-0.39, 0.29) is 12.2 Å². The average molecular weight is 545 g/mol. The first-order valence-electron chi connectivity index (χ1n) is 12.8. The first kappa shape index (κ1) is 28.4. The number of rotatable bonds is 8. The van der Waals surface area contributed by atoms with E-state index in [4.69, 9.17) is 4.74 Å². The number of esters is 1. The molecule has 0 amide bonds. The first-order chi connectivity index (χ1) is 18.4. The van der Waals surface area contributed by atoms with E-state index in [1.165, 1.54) is 12.1 Å². The number of carbonyl (C=O) groups excluding carboxylic acids is 2. The predicted molar refractivity (Wildman–Crippen MR) is 156 cm³/mol. The van der Waals surface area contributed by atoms with Crippen LogP contribution in [0.1, 0.15) is 67.0 Å². The van der Waals surface area contributed by atoms with Crippen LogP contribution in [0.2, 0.25) is 0 Å². The maximum absolute atomic E-state index is 14.4. The second kappa shape index (κ2) is 11.2. The SMILES string of the molecule is CC1=C(CC(=O)Oc2cc(C)cc(C)c2C(C)(C)CC=O)c2cc(F)ccc2C1=Cc1ccc(S(C)=O)cc1. The van der Waals surface area contributed by atoms with E-state index in [1.54, 1.807) is 12.3 Å². The maximum Gasteiger partial charge on any atom is 0.315 e. The van der Waals surface area contributed by atoms with Crippen LogP contribution in [0.3, 0.4) is 0 Å². The highest BCUT2D eigenvalue weighted by Gasteiger charge is 2.30. The molecule has 0 aliphatic heterocycles. The summed E-state index contributed by atoms with van der Waals surface area (Å²) in [7, 11) is -1.07. The number of carbonyl (C=O) groups is 2. The fourth-order valence-electron chi connectivity index (χ4n) is 5.39. The molecule has 4 nitrogen and oxygen atoms in total. The Hall–Kier alpha value is -3.64. The van der Waals surface area contributed by atoms with E-state index in [2.05, 4.69) is 0 Å². The maximum atomic E-state index is 14.4. The van der Waals surface area contributed by atoms with Crippen molar-refractivity contribution in [3.63, 3.8) is 0 Å². The van der Waals surface area contributed by atoms with Gasteiger partial charge in [-0.3, -0.25) is 9.00 Å². The number of ether oxygens (including phenoxy) is 1. The average Bonchev–Trinajstić information content (AvgIpc) is 3.08. The summed E-state index contributed by atoms with van der Waals surface area (Å²) in [5.74, 6) is -0.386. The van der Waals surface area contributed by atoms with E-state index < -0.39 is 22.2 Å². The molecule has 0 saturated carbocycles. The van der Waals surface area contributed by atoms with Crippen molar-refractivity contribution in [1.29, 1.82) is 0 Å². The number of aldehydes is 1. The standard InChI is InChI=1S/C33H33FO4S/c1-20-15-21(2)32(33(4,5)13-14-35)30(16-20)38-31(36)19-28-22(3)27(26-12-9-24(34)18-29(26)28)17-23-7-10-25(11-8-23)39(6)37/h7-12,14-18H,13,19H2,1-6H3. The van der Waals surface area contributed by atoms with Gasteiger partial charge in [-0.15, -0.1) is 0 Å². The summed E-state index contributed by atoms with van der Waals surface area (Å²) >= 11 is 0. The van der Waals surface area contributed by atoms with Crippen LogP contribution in [0.4, 0.5) is 4.39 Å². The number of halogens is 1. The van der Waals surface area contributed by atoms with Gasteiger partial charge in [-0.25, -0.2) is 4.39 Å². The molecule has 1 atom stereocenters. The Bertz CT molecular complexity index is 1540. The van der Waals surface area contributed by atoms with Crippen molar-refractivity contribution in [2.24, 2.45) is 0 Å². The van der Waals surface area contributed by atoms with E-state index in [1.807, 2.05) is 77.1 Å². The second-order valence-corrected chi connectivity index (χ2v) is 12.1. The minimum Gasteiger partial charge on any atom is -0.426 e.